The number of carbonyl (C=O) groups excluding carboxylic acids is 1. The van der Waals surface area contributed by atoms with Gasteiger partial charge < -0.3 is 15.8 Å². The maximum atomic E-state index is 11.5. The van der Waals surface area contributed by atoms with Gasteiger partial charge in [0.05, 0.1) is 0 Å². The number of alkyl carbamates (subject to hydrolysis) is 1. The first kappa shape index (κ1) is 15.6. The summed E-state index contributed by atoms with van der Waals surface area (Å²) in [7, 11) is 0. The highest BCUT2D eigenvalue weighted by Crippen LogP contribution is 2.08. The van der Waals surface area contributed by atoms with E-state index in [4.69, 9.17) is 10.5 Å². The molecule has 1 amide bonds. The number of nitrogens with one attached hydrogen (secondary N) is 1. The van der Waals surface area contributed by atoms with Gasteiger partial charge in [-0.3, -0.25) is 0 Å². The molecule has 0 unspecified atom stereocenters. The Kier molecular flexibility index (Phi) is 6.05. The number of nitrogens with two attached hydrogens (primary N) is 1. The zero-order valence-electron chi connectivity index (χ0n) is 12.4. The lowest BCUT2D eigenvalue weighted by Gasteiger charge is -2.05. The number of rotatable bonds is 6. The molecule has 0 heterocycles. The first-order chi connectivity index (χ1) is 10.7. The van der Waals surface area contributed by atoms with Crippen LogP contribution in [0, 0.1) is 0 Å². The van der Waals surface area contributed by atoms with Crippen LogP contribution in [0.1, 0.15) is 17.5 Å². The summed E-state index contributed by atoms with van der Waals surface area (Å²) in [4.78, 5) is 11.5. The molecule has 0 spiro atoms. The lowest BCUT2D eigenvalue weighted by atomic mass is 10.2. The molecule has 2 rings (SSSR count). The van der Waals surface area contributed by atoms with E-state index in [1.54, 1.807) is 0 Å². The molecule has 4 heteroatoms. The molecule has 0 aliphatic rings. The van der Waals surface area contributed by atoms with Crippen LogP contribution in [0.5, 0.6) is 0 Å². The lowest BCUT2D eigenvalue weighted by molar-refractivity contribution is 0.140. The van der Waals surface area contributed by atoms with E-state index in [0.29, 0.717) is 6.54 Å². The molecule has 0 radical (unpaired) electrons. The van der Waals surface area contributed by atoms with Crippen LogP contribution in [0.15, 0.2) is 60.7 Å². The van der Waals surface area contributed by atoms with Crippen LogP contribution >= 0.6 is 0 Å². The van der Waals surface area contributed by atoms with E-state index in [-0.39, 0.29) is 6.61 Å². The summed E-state index contributed by atoms with van der Waals surface area (Å²) in [6.07, 6.45) is 4.30. The highest BCUT2D eigenvalue weighted by molar-refractivity contribution is 5.67. The van der Waals surface area contributed by atoms with Crippen LogP contribution < -0.4 is 11.1 Å². The van der Waals surface area contributed by atoms with Crippen molar-refractivity contribution in [3.05, 3.63) is 71.8 Å². The van der Waals surface area contributed by atoms with Crippen molar-refractivity contribution in [1.82, 2.24) is 5.32 Å². The van der Waals surface area contributed by atoms with Crippen molar-refractivity contribution >= 4 is 17.9 Å². The Morgan fingerprint density at radius 3 is 2.73 bits per heavy atom. The number of ether oxygens (including phenoxy) is 1. The Balaban J connectivity index is 1.63. The molecule has 3 N–H and O–H groups in total. The van der Waals surface area contributed by atoms with E-state index in [2.05, 4.69) is 5.32 Å². The first-order valence-corrected chi connectivity index (χ1v) is 7.21. The maximum Gasteiger partial charge on any atom is 0.407 e. The number of amides is 1. The molecule has 0 aliphatic carbocycles. The molecular formula is C18H20N2O2. The van der Waals surface area contributed by atoms with E-state index < -0.39 is 6.09 Å². The zero-order valence-corrected chi connectivity index (χ0v) is 12.4. The van der Waals surface area contributed by atoms with Gasteiger partial charge in [0, 0.05) is 12.2 Å². The number of benzene rings is 2. The first-order valence-electron chi connectivity index (χ1n) is 7.21. The van der Waals surface area contributed by atoms with Gasteiger partial charge in [-0.1, -0.05) is 54.6 Å². The highest BCUT2D eigenvalue weighted by atomic mass is 16.5. The third kappa shape index (κ3) is 5.71. The van der Waals surface area contributed by atoms with Gasteiger partial charge in [0.2, 0.25) is 0 Å². The van der Waals surface area contributed by atoms with Crippen molar-refractivity contribution in [2.45, 2.75) is 13.0 Å². The van der Waals surface area contributed by atoms with E-state index in [1.807, 2.05) is 66.7 Å². The fraction of sp³-hybridized carbons (Fsp3) is 0.167. The smallest absolute Gasteiger partial charge is 0.407 e. The van der Waals surface area contributed by atoms with Crippen molar-refractivity contribution in [2.75, 3.05) is 12.3 Å². The van der Waals surface area contributed by atoms with Crippen LogP contribution in [0.2, 0.25) is 0 Å². The summed E-state index contributed by atoms with van der Waals surface area (Å²) in [5.74, 6) is 0. The van der Waals surface area contributed by atoms with Crippen LogP contribution in [-0.2, 0) is 11.3 Å². The highest BCUT2D eigenvalue weighted by Gasteiger charge is 2.00. The Morgan fingerprint density at radius 2 is 1.95 bits per heavy atom. The molecule has 0 aliphatic heterocycles. The number of carbonyl (C=O) groups is 1. The normalized spacial score (nSPS) is 10.5. The summed E-state index contributed by atoms with van der Waals surface area (Å²) in [5, 5.41) is 2.71. The van der Waals surface area contributed by atoms with Gasteiger partial charge >= 0.3 is 6.09 Å². The summed E-state index contributed by atoms with van der Waals surface area (Å²) in [6.45, 7) is 0.818. The summed E-state index contributed by atoms with van der Waals surface area (Å²) < 4.78 is 5.12. The van der Waals surface area contributed by atoms with E-state index in [1.165, 1.54) is 0 Å². The van der Waals surface area contributed by atoms with E-state index >= 15 is 0 Å². The maximum absolute atomic E-state index is 11.5. The molecule has 22 heavy (non-hydrogen) atoms. The average molecular weight is 296 g/mol. The Morgan fingerprint density at radius 1 is 1.14 bits per heavy atom. The van der Waals surface area contributed by atoms with Gasteiger partial charge in [0.25, 0.3) is 0 Å². The van der Waals surface area contributed by atoms with Crippen molar-refractivity contribution in [3.8, 4) is 0 Å². The quantitative estimate of drug-likeness (QED) is 0.632. The summed E-state index contributed by atoms with van der Waals surface area (Å²) in [5.41, 5.74) is 8.46. The Hall–Kier alpha value is -2.75. The zero-order chi connectivity index (χ0) is 15.6. The predicted molar refractivity (Wildman–Crippen MR) is 89.1 cm³/mol. The fourth-order valence-corrected chi connectivity index (χ4v) is 1.91. The molecule has 2 aromatic carbocycles. The second-order valence-electron chi connectivity index (χ2n) is 4.85. The molecule has 0 bridgehead atoms. The van der Waals surface area contributed by atoms with Crippen LogP contribution in [0.25, 0.3) is 6.08 Å². The largest absolute Gasteiger partial charge is 0.445 e. The molecule has 0 aromatic heterocycles. The lowest BCUT2D eigenvalue weighted by Crippen LogP contribution is -2.24. The second kappa shape index (κ2) is 8.52. The SMILES string of the molecule is Nc1cccc(C=CCCNC(=O)OCc2ccccc2)c1. The Bertz CT molecular complexity index is 624. The van der Waals surface area contributed by atoms with Gasteiger partial charge in [-0.2, -0.15) is 0 Å². The van der Waals surface area contributed by atoms with Crippen LogP contribution in [-0.4, -0.2) is 12.6 Å². The molecule has 2 aromatic rings. The molecule has 0 saturated heterocycles. The van der Waals surface area contributed by atoms with Crippen LogP contribution in [0.3, 0.4) is 0 Å². The topological polar surface area (TPSA) is 64.3 Å². The molecule has 0 fully saturated rings. The molecule has 4 nitrogen and oxygen atoms in total. The van der Waals surface area contributed by atoms with Crippen molar-refractivity contribution in [1.29, 1.82) is 0 Å². The number of nitrogen functional groups attached to an aromatic ring is 1. The molecule has 0 atom stereocenters. The van der Waals surface area contributed by atoms with Gasteiger partial charge in [0.1, 0.15) is 6.61 Å². The van der Waals surface area contributed by atoms with Gasteiger partial charge in [-0.05, 0) is 29.7 Å². The average Bonchev–Trinajstić information content (AvgIpc) is 2.54. The van der Waals surface area contributed by atoms with E-state index in [9.17, 15) is 4.79 Å². The predicted octanol–water partition coefficient (Wildman–Crippen LogP) is 3.60. The third-order valence-corrected chi connectivity index (χ3v) is 3.01. The number of anilines is 1. The van der Waals surface area contributed by atoms with Crippen molar-refractivity contribution < 1.29 is 9.53 Å². The van der Waals surface area contributed by atoms with E-state index in [0.717, 1.165) is 23.2 Å². The van der Waals surface area contributed by atoms with Gasteiger partial charge in [-0.15, -0.1) is 0 Å². The number of hydrogen-bond donors (Lipinski definition) is 2. The minimum Gasteiger partial charge on any atom is -0.445 e. The van der Waals surface area contributed by atoms with Gasteiger partial charge in [0.15, 0.2) is 0 Å². The Labute approximate surface area is 130 Å². The monoisotopic (exact) mass is 296 g/mol. The molecule has 114 valence electrons. The standard InChI is InChI=1S/C18H20N2O2/c19-17-11-6-10-15(13-17)7-4-5-12-20-18(21)22-14-16-8-2-1-3-9-16/h1-4,6-11,13H,5,12,14,19H2,(H,20,21). The summed E-state index contributed by atoms with van der Waals surface area (Å²) >= 11 is 0. The number of hydrogen-bond acceptors (Lipinski definition) is 3. The fourth-order valence-electron chi connectivity index (χ4n) is 1.91. The van der Waals surface area contributed by atoms with Crippen molar-refractivity contribution in [2.24, 2.45) is 0 Å². The van der Waals surface area contributed by atoms with Crippen LogP contribution in [0.4, 0.5) is 10.5 Å². The summed E-state index contributed by atoms with van der Waals surface area (Å²) in [6, 6.07) is 17.2. The molecule has 0 saturated carbocycles. The van der Waals surface area contributed by atoms with Crippen molar-refractivity contribution in [3.63, 3.8) is 0 Å². The third-order valence-electron chi connectivity index (χ3n) is 3.01. The second-order valence-corrected chi connectivity index (χ2v) is 4.85. The molecular weight excluding hydrogens is 276 g/mol. The minimum atomic E-state index is -0.402. The van der Waals surface area contributed by atoms with Gasteiger partial charge in [-0.25, -0.2) is 4.79 Å². The minimum absolute atomic E-state index is 0.284.